The number of rotatable bonds is 2. The highest BCUT2D eigenvalue weighted by atomic mass is 19.1. The second-order valence-electron chi connectivity index (χ2n) is 5.54. The van der Waals surface area contributed by atoms with Gasteiger partial charge in [0.05, 0.1) is 11.2 Å². The summed E-state index contributed by atoms with van der Waals surface area (Å²) in [7, 11) is 1.77. The molecule has 0 bridgehead atoms. The van der Waals surface area contributed by atoms with E-state index in [-0.39, 0.29) is 23.8 Å². The van der Waals surface area contributed by atoms with Gasteiger partial charge in [0.2, 0.25) is 5.91 Å². The van der Waals surface area contributed by atoms with Gasteiger partial charge in [-0.15, -0.1) is 0 Å². The molecule has 0 saturated carbocycles. The van der Waals surface area contributed by atoms with Crippen LogP contribution in [-0.4, -0.2) is 42.5 Å². The number of likely N-dealkylation sites (N-methyl/N-ethyl adjacent to an activating group) is 1. The fourth-order valence-electron chi connectivity index (χ4n) is 2.45. The molecule has 4 nitrogen and oxygen atoms in total. The van der Waals surface area contributed by atoms with Crippen molar-refractivity contribution in [3.05, 3.63) is 30.1 Å². The summed E-state index contributed by atoms with van der Waals surface area (Å²) < 4.78 is 14.0. The van der Waals surface area contributed by atoms with Gasteiger partial charge in [0.1, 0.15) is 11.9 Å². The Bertz CT molecular complexity index is 489. The summed E-state index contributed by atoms with van der Waals surface area (Å²) in [5.74, 6) is -0.392. The fraction of sp³-hybridized carbons (Fsp3) is 0.500. The maximum atomic E-state index is 14.0. The van der Waals surface area contributed by atoms with Crippen molar-refractivity contribution in [2.45, 2.75) is 25.4 Å². The second kappa shape index (κ2) is 4.81. The Morgan fingerprint density at radius 1 is 1.42 bits per heavy atom. The molecule has 5 heteroatoms. The van der Waals surface area contributed by atoms with Crippen LogP contribution in [0, 0.1) is 5.82 Å². The minimum atomic E-state index is -0.505. The van der Waals surface area contributed by atoms with Gasteiger partial charge in [0.15, 0.2) is 0 Å². The monoisotopic (exact) mass is 265 g/mol. The third-order valence-electron chi connectivity index (χ3n) is 3.84. The van der Waals surface area contributed by atoms with Gasteiger partial charge in [-0.1, -0.05) is 12.1 Å². The van der Waals surface area contributed by atoms with Gasteiger partial charge in [-0.2, -0.15) is 0 Å². The lowest BCUT2D eigenvalue weighted by molar-refractivity contribution is -0.138. The molecule has 1 saturated heterocycles. The van der Waals surface area contributed by atoms with E-state index in [2.05, 4.69) is 0 Å². The van der Waals surface area contributed by atoms with Crippen molar-refractivity contribution < 1.29 is 9.18 Å². The molecular formula is C14H20FN3O. The smallest absolute Gasteiger partial charge is 0.246 e. The number of hydrogen-bond donors (Lipinski definition) is 1. The van der Waals surface area contributed by atoms with Crippen molar-refractivity contribution in [2.24, 2.45) is 5.73 Å². The normalized spacial score (nSPS) is 22.8. The predicted molar refractivity (Wildman–Crippen MR) is 73.4 cm³/mol. The van der Waals surface area contributed by atoms with Gasteiger partial charge in [0.25, 0.3) is 0 Å². The molecular weight excluding hydrogens is 245 g/mol. The Balaban J connectivity index is 2.43. The third-order valence-corrected chi connectivity index (χ3v) is 3.84. The third kappa shape index (κ3) is 2.30. The summed E-state index contributed by atoms with van der Waals surface area (Å²) in [5, 5.41) is 0. The molecule has 2 N–H and O–H groups in total. The summed E-state index contributed by atoms with van der Waals surface area (Å²) in [5.41, 5.74) is 5.79. The number of anilines is 1. The van der Waals surface area contributed by atoms with E-state index in [0.717, 1.165) is 0 Å². The van der Waals surface area contributed by atoms with Crippen molar-refractivity contribution in [3.8, 4) is 0 Å². The van der Waals surface area contributed by atoms with Gasteiger partial charge in [-0.3, -0.25) is 4.79 Å². The standard InChI is InChI=1S/C14H20FN3O/c1-14(2)9-18(11-7-5-4-6-10(11)15)12(8-16)13(19)17(14)3/h4-7,12H,8-9,16H2,1-3H3. The van der Waals surface area contributed by atoms with E-state index in [1.165, 1.54) is 6.07 Å². The molecule has 0 spiro atoms. The summed E-state index contributed by atoms with van der Waals surface area (Å²) in [6.07, 6.45) is 0. The molecule has 1 aromatic rings. The number of para-hydroxylation sites is 1. The van der Waals surface area contributed by atoms with E-state index in [9.17, 15) is 9.18 Å². The lowest BCUT2D eigenvalue weighted by Crippen LogP contribution is -2.67. The average molecular weight is 265 g/mol. The minimum Gasteiger partial charge on any atom is -0.354 e. The highest BCUT2D eigenvalue weighted by molar-refractivity contribution is 5.87. The zero-order chi connectivity index (χ0) is 14.2. The molecule has 1 aliphatic heterocycles. The number of amides is 1. The molecule has 1 amide bonds. The lowest BCUT2D eigenvalue weighted by Gasteiger charge is -2.49. The Morgan fingerprint density at radius 2 is 2.05 bits per heavy atom. The quantitative estimate of drug-likeness (QED) is 0.874. The van der Waals surface area contributed by atoms with Crippen molar-refractivity contribution in [1.82, 2.24) is 4.90 Å². The van der Waals surface area contributed by atoms with Gasteiger partial charge in [0, 0.05) is 20.1 Å². The molecule has 1 unspecified atom stereocenters. The first-order chi connectivity index (χ1) is 8.88. The van der Waals surface area contributed by atoms with Crippen LogP contribution >= 0.6 is 0 Å². The van der Waals surface area contributed by atoms with Crippen molar-refractivity contribution >= 4 is 11.6 Å². The van der Waals surface area contributed by atoms with E-state index in [1.54, 1.807) is 35.0 Å². The first-order valence-electron chi connectivity index (χ1n) is 6.37. The van der Waals surface area contributed by atoms with Crippen LogP contribution in [0.2, 0.25) is 0 Å². The van der Waals surface area contributed by atoms with Gasteiger partial charge in [-0.05, 0) is 26.0 Å². The van der Waals surface area contributed by atoms with Crippen LogP contribution in [0.3, 0.4) is 0 Å². The van der Waals surface area contributed by atoms with Crippen molar-refractivity contribution in [3.63, 3.8) is 0 Å². The Morgan fingerprint density at radius 3 is 2.63 bits per heavy atom. The van der Waals surface area contributed by atoms with Gasteiger partial charge >= 0.3 is 0 Å². The van der Waals surface area contributed by atoms with Crippen molar-refractivity contribution in [2.75, 3.05) is 25.0 Å². The molecule has 104 valence electrons. The van der Waals surface area contributed by atoms with E-state index in [4.69, 9.17) is 5.73 Å². The molecule has 1 atom stereocenters. The molecule has 0 radical (unpaired) electrons. The van der Waals surface area contributed by atoms with Crippen LogP contribution in [-0.2, 0) is 4.79 Å². The Hall–Kier alpha value is -1.62. The summed E-state index contributed by atoms with van der Waals surface area (Å²) >= 11 is 0. The first kappa shape index (κ1) is 13.8. The van der Waals surface area contributed by atoms with Crippen LogP contribution in [0.15, 0.2) is 24.3 Å². The molecule has 0 aliphatic carbocycles. The van der Waals surface area contributed by atoms with E-state index >= 15 is 0 Å². The number of nitrogens with two attached hydrogens (primary N) is 1. The van der Waals surface area contributed by atoms with Crippen LogP contribution < -0.4 is 10.6 Å². The number of nitrogens with zero attached hydrogens (tertiary/aromatic N) is 2. The number of halogens is 1. The zero-order valence-electron chi connectivity index (χ0n) is 11.6. The summed E-state index contributed by atoms with van der Waals surface area (Å²) in [4.78, 5) is 15.8. The van der Waals surface area contributed by atoms with Gasteiger partial charge in [-0.25, -0.2) is 4.39 Å². The minimum absolute atomic E-state index is 0.0676. The lowest BCUT2D eigenvalue weighted by atomic mass is 9.95. The maximum Gasteiger partial charge on any atom is 0.246 e. The molecule has 2 rings (SSSR count). The highest BCUT2D eigenvalue weighted by Gasteiger charge is 2.42. The van der Waals surface area contributed by atoms with Crippen LogP contribution in [0.1, 0.15) is 13.8 Å². The molecule has 1 aliphatic rings. The number of benzene rings is 1. The number of piperazine rings is 1. The van der Waals surface area contributed by atoms with Crippen LogP contribution in [0.5, 0.6) is 0 Å². The summed E-state index contributed by atoms with van der Waals surface area (Å²) in [6.45, 7) is 4.66. The van der Waals surface area contributed by atoms with E-state index < -0.39 is 6.04 Å². The van der Waals surface area contributed by atoms with E-state index in [1.807, 2.05) is 13.8 Å². The Kier molecular flexibility index (Phi) is 3.49. The van der Waals surface area contributed by atoms with Crippen LogP contribution in [0.25, 0.3) is 0 Å². The number of carbonyl (C=O) groups excluding carboxylic acids is 1. The fourth-order valence-corrected chi connectivity index (χ4v) is 2.45. The number of carbonyl (C=O) groups is 1. The molecule has 0 aromatic heterocycles. The largest absolute Gasteiger partial charge is 0.354 e. The maximum absolute atomic E-state index is 14.0. The summed E-state index contributed by atoms with van der Waals surface area (Å²) in [6, 6.07) is 5.99. The topological polar surface area (TPSA) is 49.6 Å². The second-order valence-corrected chi connectivity index (χ2v) is 5.54. The van der Waals surface area contributed by atoms with Crippen molar-refractivity contribution in [1.29, 1.82) is 0 Å². The molecule has 19 heavy (non-hydrogen) atoms. The molecule has 1 aromatic carbocycles. The average Bonchev–Trinajstić information content (AvgIpc) is 2.36. The first-order valence-corrected chi connectivity index (χ1v) is 6.37. The van der Waals surface area contributed by atoms with Gasteiger partial charge < -0.3 is 15.5 Å². The Labute approximate surface area is 113 Å². The highest BCUT2D eigenvalue weighted by Crippen LogP contribution is 2.30. The zero-order valence-corrected chi connectivity index (χ0v) is 11.6. The van der Waals surface area contributed by atoms with E-state index in [0.29, 0.717) is 12.2 Å². The van der Waals surface area contributed by atoms with Crippen LogP contribution in [0.4, 0.5) is 10.1 Å². The number of hydrogen-bond acceptors (Lipinski definition) is 3. The SMILES string of the molecule is CN1C(=O)C(CN)N(c2ccccc2F)CC1(C)C. The molecule has 1 fully saturated rings. The predicted octanol–water partition coefficient (Wildman–Crippen LogP) is 1.21. The molecule has 1 heterocycles.